The number of anilines is 2. The SMILES string of the molecule is CCc1cc(C(=O)N2CS(=O)(=O)c3ccccc32)cc(C#N)c1O.CCc1cc(C(=O)N2CS(=O)(=O)c3ccccc32)cc(C#N)c1OC. The molecule has 2 aliphatic rings. The van der Waals surface area contributed by atoms with Crippen LogP contribution < -0.4 is 14.5 Å². The summed E-state index contributed by atoms with van der Waals surface area (Å²) in [7, 11) is -5.62. The van der Waals surface area contributed by atoms with E-state index in [2.05, 4.69) is 0 Å². The van der Waals surface area contributed by atoms with Gasteiger partial charge in [0.1, 0.15) is 35.4 Å². The van der Waals surface area contributed by atoms with Gasteiger partial charge >= 0.3 is 0 Å². The van der Waals surface area contributed by atoms with E-state index in [1.807, 2.05) is 19.1 Å². The molecule has 49 heavy (non-hydrogen) atoms. The number of fused-ring (bicyclic) bond motifs is 2. The third-order valence-electron chi connectivity index (χ3n) is 8.13. The van der Waals surface area contributed by atoms with E-state index in [4.69, 9.17) is 10.00 Å². The second-order valence-electron chi connectivity index (χ2n) is 11.1. The first-order valence-corrected chi connectivity index (χ1v) is 18.3. The minimum Gasteiger partial charge on any atom is -0.506 e. The van der Waals surface area contributed by atoms with Crippen LogP contribution in [0.3, 0.4) is 0 Å². The van der Waals surface area contributed by atoms with Gasteiger partial charge in [0.2, 0.25) is 0 Å². The first-order valence-electron chi connectivity index (χ1n) is 15.0. The molecule has 0 fully saturated rings. The summed E-state index contributed by atoms with van der Waals surface area (Å²) in [5.41, 5.74) is 2.56. The summed E-state index contributed by atoms with van der Waals surface area (Å²) >= 11 is 0. The summed E-state index contributed by atoms with van der Waals surface area (Å²) in [6.07, 6.45) is 1.02. The molecule has 0 bridgehead atoms. The van der Waals surface area contributed by atoms with Crippen molar-refractivity contribution in [2.45, 2.75) is 36.5 Å². The topological polar surface area (TPSA) is 186 Å². The highest BCUT2D eigenvalue weighted by atomic mass is 32.2. The summed E-state index contributed by atoms with van der Waals surface area (Å²) in [5.74, 6) is -1.52. The molecular weight excluding hydrogens is 669 g/mol. The molecule has 0 aliphatic carbocycles. The van der Waals surface area contributed by atoms with Crippen molar-refractivity contribution in [2.75, 3.05) is 28.7 Å². The van der Waals surface area contributed by atoms with Gasteiger partial charge in [-0.05, 0) is 72.5 Å². The summed E-state index contributed by atoms with van der Waals surface area (Å²) < 4.78 is 54.3. The van der Waals surface area contributed by atoms with E-state index in [1.54, 1.807) is 49.4 Å². The number of phenols is 1. The fourth-order valence-electron chi connectivity index (χ4n) is 5.72. The Kier molecular flexibility index (Phi) is 9.49. The van der Waals surface area contributed by atoms with Crippen LogP contribution in [-0.4, -0.2) is 52.6 Å². The molecule has 2 amide bonds. The van der Waals surface area contributed by atoms with Gasteiger partial charge in [0, 0.05) is 11.1 Å². The van der Waals surface area contributed by atoms with E-state index in [-0.39, 0.29) is 37.8 Å². The van der Waals surface area contributed by atoms with E-state index < -0.39 is 43.2 Å². The average Bonchev–Trinajstić information content (AvgIpc) is 3.55. The predicted molar refractivity (Wildman–Crippen MR) is 180 cm³/mol. The molecule has 12 nitrogen and oxygen atoms in total. The van der Waals surface area contributed by atoms with Crippen LogP contribution in [0.2, 0.25) is 0 Å². The fraction of sp³-hybridized carbons (Fsp3) is 0.200. The van der Waals surface area contributed by atoms with Crippen molar-refractivity contribution in [3.05, 3.63) is 106 Å². The second-order valence-corrected chi connectivity index (χ2v) is 14.9. The van der Waals surface area contributed by atoms with Gasteiger partial charge in [0.15, 0.2) is 19.7 Å². The average molecular weight is 699 g/mol. The predicted octanol–water partition coefficient (Wildman–Crippen LogP) is 4.74. The number of carbonyl (C=O) groups is 2. The quantitative estimate of drug-likeness (QED) is 0.305. The molecule has 0 unspecified atom stereocenters. The minimum atomic E-state index is -3.56. The van der Waals surface area contributed by atoms with E-state index in [0.29, 0.717) is 35.5 Å². The maximum absolute atomic E-state index is 12.9. The number of amides is 2. The van der Waals surface area contributed by atoms with Gasteiger partial charge in [-0.1, -0.05) is 38.1 Å². The largest absolute Gasteiger partial charge is 0.506 e. The maximum atomic E-state index is 12.9. The molecule has 0 radical (unpaired) electrons. The summed E-state index contributed by atoms with van der Waals surface area (Å²) in [6, 6.07) is 22.5. The third kappa shape index (κ3) is 6.32. The van der Waals surface area contributed by atoms with Crippen molar-refractivity contribution >= 4 is 42.9 Å². The maximum Gasteiger partial charge on any atom is 0.259 e. The molecule has 0 aromatic heterocycles. The number of sulfone groups is 2. The molecule has 6 rings (SSSR count). The molecule has 4 aromatic carbocycles. The first-order chi connectivity index (χ1) is 23.3. The second kappa shape index (κ2) is 13.4. The van der Waals surface area contributed by atoms with Gasteiger partial charge in [0.05, 0.1) is 39.4 Å². The van der Waals surface area contributed by atoms with Crippen LogP contribution in [0, 0.1) is 22.7 Å². The number of carbonyl (C=O) groups excluding carboxylic acids is 2. The van der Waals surface area contributed by atoms with E-state index >= 15 is 0 Å². The van der Waals surface area contributed by atoms with Crippen molar-refractivity contribution < 1.29 is 36.3 Å². The molecule has 14 heteroatoms. The summed E-state index contributed by atoms with van der Waals surface area (Å²) in [4.78, 5) is 28.4. The Morgan fingerprint density at radius 2 is 1.16 bits per heavy atom. The zero-order valence-corrected chi connectivity index (χ0v) is 28.3. The molecule has 0 saturated heterocycles. The molecule has 4 aromatic rings. The van der Waals surface area contributed by atoms with Crippen LogP contribution in [0.4, 0.5) is 11.4 Å². The molecular formula is C35H30N4O8S2. The van der Waals surface area contributed by atoms with Crippen molar-refractivity contribution in [3.8, 4) is 23.6 Å². The number of methoxy groups -OCH3 is 1. The number of phenolic OH excluding ortho intramolecular Hbond substituents is 1. The number of para-hydroxylation sites is 2. The molecule has 0 saturated carbocycles. The molecule has 0 spiro atoms. The Balaban J connectivity index is 0.000000191. The number of benzene rings is 4. The normalized spacial score (nSPS) is 14.8. The van der Waals surface area contributed by atoms with Crippen molar-refractivity contribution in [1.82, 2.24) is 0 Å². The van der Waals surface area contributed by atoms with Crippen LogP contribution in [0.25, 0.3) is 0 Å². The number of hydrogen-bond donors (Lipinski definition) is 1. The van der Waals surface area contributed by atoms with Crippen LogP contribution in [-0.2, 0) is 32.5 Å². The van der Waals surface area contributed by atoms with Crippen molar-refractivity contribution in [2.24, 2.45) is 0 Å². The Morgan fingerprint density at radius 1 is 0.735 bits per heavy atom. The van der Waals surface area contributed by atoms with Crippen molar-refractivity contribution in [3.63, 3.8) is 0 Å². The van der Waals surface area contributed by atoms with Crippen LogP contribution in [0.5, 0.6) is 11.5 Å². The number of nitrogens with zero attached hydrogens (tertiary/aromatic N) is 4. The molecule has 0 atom stereocenters. The first kappa shape index (κ1) is 34.6. The highest BCUT2D eigenvalue weighted by Gasteiger charge is 2.37. The van der Waals surface area contributed by atoms with Gasteiger partial charge in [0.25, 0.3) is 11.8 Å². The highest BCUT2D eigenvalue weighted by Crippen LogP contribution is 2.37. The Hall–Kier alpha value is -5.70. The fourth-order valence-corrected chi connectivity index (χ4v) is 8.76. The highest BCUT2D eigenvalue weighted by molar-refractivity contribution is 7.92. The van der Waals surface area contributed by atoms with E-state index in [0.717, 1.165) is 5.56 Å². The van der Waals surface area contributed by atoms with Gasteiger partial charge in [-0.15, -0.1) is 0 Å². The van der Waals surface area contributed by atoms with Gasteiger partial charge in [-0.2, -0.15) is 10.5 Å². The number of rotatable bonds is 5. The summed E-state index contributed by atoms with van der Waals surface area (Å²) in [6.45, 7) is 3.68. The lowest BCUT2D eigenvalue weighted by Gasteiger charge is -2.17. The number of ether oxygens (including phenoxy) is 1. The molecule has 2 heterocycles. The van der Waals surface area contributed by atoms with Gasteiger partial charge < -0.3 is 9.84 Å². The van der Waals surface area contributed by atoms with Crippen LogP contribution in [0.15, 0.2) is 82.6 Å². The van der Waals surface area contributed by atoms with Crippen LogP contribution >= 0.6 is 0 Å². The molecule has 1 N–H and O–H groups in total. The lowest BCUT2D eigenvalue weighted by Crippen LogP contribution is -2.30. The van der Waals surface area contributed by atoms with Gasteiger partial charge in [-0.3, -0.25) is 19.4 Å². The molecule has 250 valence electrons. The standard InChI is InChI=1S/C18H16N2O4S.C17H14N2O4S/c1-3-12-8-13(9-14(10-19)17(12)24-2)18(21)20-11-25(22,23)16-7-5-4-6-15(16)20;1-2-11-7-12(8-13(9-18)16(11)20)17(21)19-10-24(22,23)15-6-4-3-5-14(15)19/h4-9H,3,11H2,1-2H3;3-8,20H,2,10H2,1H3. The minimum absolute atomic E-state index is 0.00645. The molecule has 2 aliphatic heterocycles. The Bertz CT molecular complexity index is 2320. The zero-order chi connectivity index (χ0) is 35.7. The number of hydrogen-bond acceptors (Lipinski definition) is 10. The van der Waals surface area contributed by atoms with E-state index in [1.165, 1.54) is 47.2 Å². The number of aryl methyl sites for hydroxylation is 2. The van der Waals surface area contributed by atoms with Crippen molar-refractivity contribution in [1.29, 1.82) is 10.5 Å². The third-order valence-corrected chi connectivity index (χ3v) is 11.4. The lowest BCUT2D eigenvalue weighted by atomic mass is 10.0. The number of nitriles is 2. The van der Waals surface area contributed by atoms with Gasteiger partial charge in [-0.25, -0.2) is 16.8 Å². The van der Waals surface area contributed by atoms with Crippen LogP contribution in [0.1, 0.15) is 56.8 Å². The Labute approximate surface area is 283 Å². The lowest BCUT2D eigenvalue weighted by molar-refractivity contribution is 0.0983. The monoisotopic (exact) mass is 698 g/mol. The van der Waals surface area contributed by atoms with E-state index in [9.17, 15) is 36.8 Å². The zero-order valence-electron chi connectivity index (χ0n) is 26.7. The smallest absolute Gasteiger partial charge is 0.259 e. The summed E-state index contributed by atoms with van der Waals surface area (Å²) in [5, 5.41) is 28.4. The Morgan fingerprint density at radius 3 is 1.59 bits per heavy atom. The number of aromatic hydroxyl groups is 1.